The molecule has 0 radical (unpaired) electrons. The van der Waals surface area contributed by atoms with Crippen LogP contribution in [0.15, 0.2) is 46.9 Å². The predicted molar refractivity (Wildman–Crippen MR) is 91.4 cm³/mol. The first kappa shape index (κ1) is 16.3. The molecule has 7 heteroatoms. The smallest absolute Gasteiger partial charge is 0.308 e. The third kappa shape index (κ3) is 3.84. The summed E-state index contributed by atoms with van der Waals surface area (Å²) in [5.41, 5.74) is 1.12. The summed E-state index contributed by atoms with van der Waals surface area (Å²) in [5, 5.41) is 2.45. The number of anilines is 1. The molecule has 1 aliphatic rings. The zero-order valence-corrected chi connectivity index (χ0v) is 14.3. The third-order valence-corrected chi connectivity index (χ3v) is 5.21. The monoisotopic (exact) mass is 398 g/mol. The molecule has 0 aliphatic carbocycles. The molecule has 1 heterocycles. The lowest BCUT2D eigenvalue weighted by molar-refractivity contribution is 0.214. The maximum absolute atomic E-state index is 13.2. The van der Waals surface area contributed by atoms with Gasteiger partial charge in [-0.3, -0.25) is 0 Å². The van der Waals surface area contributed by atoms with Gasteiger partial charge in [-0.1, -0.05) is 28.1 Å². The van der Waals surface area contributed by atoms with E-state index in [0.717, 1.165) is 34.0 Å². The summed E-state index contributed by atoms with van der Waals surface area (Å²) in [6.07, 6.45) is 0. The van der Waals surface area contributed by atoms with Crippen LogP contribution in [0.5, 0.6) is 0 Å². The topological polar surface area (TPSA) is 32.3 Å². The second-order valence-electron chi connectivity index (χ2n) is 5.06. The summed E-state index contributed by atoms with van der Waals surface area (Å²) in [6, 6.07) is 10.3. The van der Waals surface area contributed by atoms with Gasteiger partial charge >= 0.3 is 6.03 Å². The van der Waals surface area contributed by atoms with E-state index in [9.17, 15) is 13.6 Å². The first-order valence-electron chi connectivity index (χ1n) is 6.94. The summed E-state index contributed by atoms with van der Waals surface area (Å²) in [7, 11) is 0. The summed E-state index contributed by atoms with van der Waals surface area (Å²) < 4.78 is 27.4. The molecule has 0 spiro atoms. The van der Waals surface area contributed by atoms with Gasteiger partial charge in [0.1, 0.15) is 17.0 Å². The Morgan fingerprint density at radius 3 is 2.48 bits per heavy atom. The summed E-state index contributed by atoms with van der Waals surface area (Å²) in [5.74, 6) is -0.632. The van der Waals surface area contributed by atoms with Gasteiger partial charge < -0.3 is 10.2 Å². The van der Waals surface area contributed by atoms with Gasteiger partial charge in [0.05, 0.1) is 0 Å². The predicted octanol–water partition coefficient (Wildman–Crippen LogP) is 5.01. The minimum absolute atomic E-state index is 0.110. The number of carbonyl (C=O) groups excluding carboxylic acids is 1. The molecule has 1 saturated heterocycles. The van der Waals surface area contributed by atoms with Crippen LogP contribution >= 0.6 is 27.7 Å². The fourth-order valence-corrected chi connectivity index (χ4v) is 3.92. The van der Waals surface area contributed by atoms with Crippen molar-refractivity contribution in [3.8, 4) is 0 Å². The van der Waals surface area contributed by atoms with Gasteiger partial charge in [0, 0.05) is 28.5 Å². The largest absolute Gasteiger partial charge is 0.323 e. The van der Waals surface area contributed by atoms with Crippen LogP contribution in [0.4, 0.5) is 19.3 Å². The highest BCUT2D eigenvalue weighted by Gasteiger charge is 2.30. The SMILES string of the molecule is O=C(Nc1cc(F)cc(F)c1)N1CCSC1c1ccc(Br)cc1. The van der Waals surface area contributed by atoms with Crippen molar-refractivity contribution >= 4 is 39.4 Å². The average Bonchev–Trinajstić information content (AvgIpc) is 2.96. The van der Waals surface area contributed by atoms with Gasteiger partial charge in [0.2, 0.25) is 0 Å². The molecule has 1 unspecified atom stereocenters. The number of nitrogens with one attached hydrogen (secondary N) is 1. The van der Waals surface area contributed by atoms with Crippen LogP contribution in [0.25, 0.3) is 0 Å². The van der Waals surface area contributed by atoms with Gasteiger partial charge in [0.25, 0.3) is 0 Å². The minimum Gasteiger partial charge on any atom is -0.308 e. The lowest BCUT2D eigenvalue weighted by atomic mass is 10.2. The van der Waals surface area contributed by atoms with Crippen molar-refractivity contribution in [2.24, 2.45) is 0 Å². The lowest BCUT2D eigenvalue weighted by Crippen LogP contribution is -2.34. The Morgan fingerprint density at radius 2 is 1.83 bits per heavy atom. The molecule has 3 nitrogen and oxygen atoms in total. The number of benzene rings is 2. The Labute approximate surface area is 145 Å². The van der Waals surface area contributed by atoms with Crippen molar-refractivity contribution in [2.45, 2.75) is 5.37 Å². The van der Waals surface area contributed by atoms with Crippen molar-refractivity contribution in [3.05, 3.63) is 64.1 Å². The van der Waals surface area contributed by atoms with Crippen molar-refractivity contribution in [3.63, 3.8) is 0 Å². The second kappa shape index (κ2) is 6.88. The van der Waals surface area contributed by atoms with E-state index < -0.39 is 11.6 Å². The fraction of sp³-hybridized carbons (Fsp3) is 0.188. The number of urea groups is 1. The van der Waals surface area contributed by atoms with E-state index >= 15 is 0 Å². The number of carbonyl (C=O) groups is 1. The summed E-state index contributed by atoms with van der Waals surface area (Å²) in [4.78, 5) is 14.1. The van der Waals surface area contributed by atoms with Crippen LogP contribution < -0.4 is 5.32 Å². The number of nitrogens with zero attached hydrogens (tertiary/aromatic N) is 1. The van der Waals surface area contributed by atoms with E-state index in [1.807, 2.05) is 24.3 Å². The quantitative estimate of drug-likeness (QED) is 0.771. The molecule has 1 aliphatic heterocycles. The van der Waals surface area contributed by atoms with E-state index in [-0.39, 0.29) is 17.1 Å². The van der Waals surface area contributed by atoms with Crippen LogP contribution in [0.3, 0.4) is 0 Å². The van der Waals surface area contributed by atoms with E-state index in [4.69, 9.17) is 0 Å². The molecule has 2 amide bonds. The molecule has 120 valence electrons. The Hall–Kier alpha value is -1.60. The Balaban J connectivity index is 1.76. The Bertz CT molecular complexity index is 706. The van der Waals surface area contributed by atoms with Crippen LogP contribution in [-0.2, 0) is 0 Å². The number of thioether (sulfide) groups is 1. The summed E-state index contributed by atoms with van der Waals surface area (Å²) in [6.45, 7) is 0.578. The number of halogens is 3. The first-order valence-corrected chi connectivity index (χ1v) is 8.78. The van der Waals surface area contributed by atoms with Crippen molar-refractivity contribution in [1.82, 2.24) is 4.90 Å². The molecule has 0 bridgehead atoms. The molecule has 23 heavy (non-hydrogen) atoms. The molecule has 2 aromatic rings. The van der Waals surface area contributed by atoms with E-state index in [0.29, 0.717) is 6.54 Å². The van der Waals surface area contributed by atoms with Crippen LogP contribution in [0.1, 0.15) is 10.9 Å². The Morgan fingerprint density at radius 1 is 1.17 bits per heavy atom. The summed E-state index contributed by atoms with van der Waals surface area (Å²) >= 11 is 5.04. The highest BCUT2D eigenvalue weighted by Crippen LogP contribution is 2.38. The van der Waals surface area contributed by atoms with Crippen molar-refractivity contribution in [1.29, 1.82) is 0 Å². The zero-order valence-electron chi connectivity index (χ0n) is 11.9. The van der Waals surface area contributed by atoms with Gasteiger partial charge in [-0.2, -0.15) is 0 Å². The van der Waals surface area contributed by atoms with Crippen LogP contribution in [-0.4, -0.2) is 23.2 Å². The molecule has 0 aromatic heterocycles. The standard InChI is InChI=1S/C16H13BrF2N2OS/c17-11-3-1-10(2-4-11)15-21(5-6-23-15)16(22)20-14-8-12(18)7-13(19)9-14/h1-4,7-9,15H,5-6H2,(H,20,22). The second-order valence-corrected chi connectivity index (χ2v) is 7.16. The maximum Gasteiger partial charge on any atom is 0.323 e. The van der Waals surface area contributed by atoms with Crippen molar-refractivity contribution in [2.75, 3.05) is 17.6 Å². The minimum atomic E-state index is -0.722. The van der Waals surface area contributed by atoms with Crippen LogP contribution in [0, 0.1) is 11.6 Å². The molecule has 3 rings (SSSR count). The van der Waals surface area contributed by atoms with E-state index in [1.54, 1.807) is 16.7 Å². The average molecular weight is 399 g/mol. The first-order chi connectivity index (χ1) is 11.0. The van der Waals surface area contributed by atoms with Gasteiger partial charge in [-0.15, -0.1) is 11.8 Å². The number of rotatable bonds is 2. The normalized spacial score (nSPS) is 17.3. The molecule has 1 fully saturated rings. The Kier molecular flexibility index (Phi) is 4.87. The molecule has 2 aromatic carbocycles. The molecule has 1 atom stereocenters. The number of amides is 2. The van der Waals surface area contributed by atoms with Gasteiger partial charge in [-0.25, -0.2) is 13.6 Å². The van der Waals surface area contributed by atoms with Gasteiger partial charge in [-0.05, 0) is 29.8 Å². The number of hydrogen-bond acceptors (Lipinski definition) is 2. The highest BCUT2D eigenvalue weighted by atomic mass is 79.9. The zero-order chi connectivity index (χ0) is 16.4. The van der Waals surface area contributed by atoms with Crippen molar-refractivity contribution < 1.29 is 13.6 Å². The molecule has 0 saturated carbocycles. The van der Waals surface area contributed by atoms with E-state index in [1.165, 1.54) is 0 Å². The molecular weight excluding hydrogens is 386 g/mol. The van der Waals surface area contributed by atoms with E-state index in [2.05, 4.69) is 21.2 Å². The van der Waals surface area contributed by atoms with Gasteiger partial charge in [0.15, 0.2) is 0 Å². The lowest BCUT2D eigenvalue weighted by Gasteiger charge is -2.24. The van der Waals surface area contributed by atoms with Crippen LogP contribution in [0.2, 0.25) is 0 Å². The fourth-order valence-electron chi connectivity index (χ4n) is 2.40. The molecular formula is C16H13BrF2N2OS. The number of hydrogen-bond donors (Lipinski definition) is 1. The maximum atomic E-state index is 13.2. The molecule has 1 N–H and O–H groups in total. The highest BCUT2D eigenvalue weighted by molar-refractivity contribution is 9.10. The third-order valence-electron chi connectivity index (χ3n) is 3.42.